The van der Waals surface area contributed by atoms with Gasteiger partial charge in [0, 0.05) is 23.8 Å². The zero-order chi connectivity index (χ0) is 13.7. The molecule has 0 aliphatic carbocycles. The second-order valence-electron chi connectivity index (χ2n) is 3.86. The first-order chi connectivity index (χ1) is 9.20. The maximum absolute atomic E-state index is 11.9. The number of amides is 1. The lowest BCUT2D eigenvalue weighted by molar-refractivity contribution is 0.0950. The Labute approximate surface area is 116 Å². The molecule has 0 atom stereocenters. The highest BCUT2D eigenvalue weighted by Gasteiger charge is 2.07. The van der Waals surface area contributed by atoms with Crippen molar-refractivity contribution in [1.82, 2.24) is 10.3 Å². The van der Waals surface area contributed by atoms with Gasteiger partial charge in [-0.2, -0.15) is 0 Å². The van der Waals surface area contributed by atoms with E-state index in [1.807, 2.05) is 18.2 Å². The Morgan fingerprint density at radius 3 is 2.74 bits per heavy atom. The average Bonchev–Trinajstić information content (AvgIpc) is 2.46. The maximum Gasteiger partial charge on any atom is 0.253 e. The van der Waals surface area contributed by atoms with Gasteiger partial charge >= 0.3 is 0 Å². The zero-order valence-electron chi connectivity index (χ0n) is 10.4. The smallest absolute Gasteiger partial charge is 0.253 e. The molecule has 0 aliphatic rings. The van der Waals surface area contributed by atoms with Crippen LogP contribution in [0.4, 0.5) is 0 Å². The molecule has 5 heteroatoms. The second-order valence-corrected chi connectivity index (χ2v) is 4.27. The summed E-state index contributed by atoms with van der Waals surface area (Å²) in [6.07, 6.45) is 1.47. The molecule has 0 saturated carbocycles. The van der Waals surface area contributed by atoms with Gasteiger partial charge in [-0.25, -0.2) is 4.98 Å². The fourth-order valence-corrected chi connectivity index (χ4v) is 1.76. The monoisotopic (exact) mass is 276 g/mol. The third kappa shape index (κ3) is 3.45. The Morgan fingerprint density at radius 1 is 1.32 bits per heavy atom. The molecule has 0 saturated heterocycles. The molecule has 0 aliphatic heterocycles. The van der Waals surface area contributed by atoms with Crippen molar-refractivity contribution in [3.05, 3.63) is 58.7 Å². The molecule has 1 heterocycles. The van der Waals surface area contributed by atoms with E-state index in [9.17, 15) is 4.79 Å². The molecule has 19 heavy (non-hydrogen) atoms. The van der Waals surface area contributed by atoms with Gasteiger partial charge in [-0.15, -0.1) is 0 Å². The molecule has 1 N–H and O–H groups in total. The van der Waals surface area contributed by atoms with Crippen LogP contribution in [0.15, 0.2) is 42.6 Å². The lowest BCUT2D eigenvalue weighted by Gasteiger charge is -2.07. The Bertz CT molecular complexity index is 570. The summed E-state index contributed by atoms with van der Waals surface area (Å²) >= 11 is 6.01. The Balaban J connectivity index is 1.99. The van der Waals surface area contributed by atoms with Gasteiger partial charge in [0.1, 0.15) is 0 Å². The lowest BCUT2D eigenvalue weighted by atomic mass is 10.2. The van der Waals surface area contributed by atoms with Gasteiger partial charge in [-0.3, -0.25) is 4.79 Å². The Hall–Kier alpha value is -2.07. The molecule has 0 radical (unpaired) electrons. The average molecular weight is 277 g/mol. The van der Waals surface area contributed by atoms with E-state index in [0.717, 1.165) is 5.56 Å². The first-order valence-electron chi connectivity index (χ1n) is 5.72. The first-order valence-corrected chi connectivity index (χ1v) is 6.10. The number of benzene rings is 1. The van der Waals surface area contributed by atoms with E-state index >= 15 is 0 Å². The maximum atomic E-state index is 11.9. The molecule has 2 aromatic rings. The molecule has 0 spiro atoms. The van der Waals surface area contributed by atoms with Crippen LogP contribution in [-0.4, -0.2) is 18.0 Å². The van der Waals surface area contributed by atoms with E-state index in [-0.39, 0.29) is 5.91 Å². The number of rotatable bonds is 4. The minimum Gasteiger partial charge on any atom is -0.481 e. The van der Waals surface area contributed by atoms with E-state index in [1.54, 1.807) is 18.2 Å². The highest BCUT2D eigenvalue weighted by Crippen LogP contribution is 2.14. The second kappa shape index (κ2) is 6.20. The minimum absolute atomic E-state index is 0.199. The van der Waals surface area contributed by atoms with Crippen molar-refractivity contribution in [2.75, 3.05) is 7.11 Å². The van der Waals surface area contributed by atoms with Crippen LogP contribution >= 0.6 is 11.6 Å². The van der Waals surface area contributed by atoms with Crippen LogP contribution in [0.3, 0.4) is 0 Å². The molecule has 0 bridgehead atoms. The molecular weight excluding hydrogens is 264 g/mol. The number of nitrogens with one attached hydrogen (secondary N) is 1. The molecule has 0 unspecified atom stereocenters. The molecule has 98 valence electrons. The summed E-state index contributed by atoms with van der Waals surface area (Å²) in [5.41, 5.74) is 1.35. The van der Waals surface area contributed by atoms with Gasteiger partial charge in [0.05, 0.1) is 12.7 Å². The van der Waals surface area contributed by atoms with Crippen LogP contribution in [-0.2, 0) is 6.54 Å². The Kier molecular flexibility index (Phi) is 4.36. The number of nitrogens with zero attached hydrogens (tertiary/aromatic N) is 1. The molecule has 1 aromatic heterocycles. The molecule has 4 nitrogen and oxygen atoms in total. The standard InChI is InChI=1S/C14H13ClN2O2/c1-19-13-7-6-11(9-16-13)14(18)17-8-10-4-2-3-5-12(10)15/h2-7,9H,8H2,1H3,(H,17,18). The molecule has 1 amide bonds. The van der Waals surface area contributed by atoms with Crippen LogP contribution < -0.4 is 10.1 Å². The van der Waals surface area contributed by atoms with Gasteiger partial charge in [0.2, 0.25) is 5.88 Å². The van der Waals surface area contributed by atoms with Gasteiger partial charge in [-0.1, -0.05) is 29.8 Å². The summed E-state index contributed by atoms with van der Waals surface area (Å²) in [5, 5.41) is 3.42. The van der Waals surface area contributed by atoms with Crippen molar-refractivity contribution in [3.63, 3.8) is 0 Å². The summed E-state index contributed by atoms with van der Waals surface area (Å²) in [5.74, 6) is 0.276. The van der Waals surface area contributed by atoms with Gasteiger partial charge in [0.15, 0.2) is 0 Å². The van der Waals surface area contributed by atoms with Crippen molar-refractivity contribution in [1.29, 1.82) is 0 Å². The Morgan fingerprint density at radius 2 is 2.11 bits per heavy atom. The van der Waals surface area contributed by atoms with Gasteiger partial charge in [-0.05, 0) is 17.7 Å². The summed E-state index contributed by atoms with van der Waals surface area (Å²) in [6.45, 7) is 0.379. The van der Waals surface area contributed by atoms with Crippen LogP contribution in [0.1, 0.15) is 15.9 Å². The van der Waals surface area contributed by atoms with E-state index in [0.29, 0.717) is 23.0 Å². The van der Waals surface area contributed by atoms with Gasteiger partial charge in [0.25, 0.3) is 5.91 Å². The number of halogens is 1. The summed E-state index contributed by atoms with van der Waals surface area (Å²) in [7, 11) is 1.53. The number of pyridine rings is 1. The number of hydrogen-bond acceptors (Lipinski definition) is 3. The van der Waals surface area contributed by atoms with Crippen molar-refractivity contribution in [2.24, 2.45) is 0 Å². The predicted octanol–water partition coefficient (Wildman–Crippen LogP) is 2.67. The minimum atomic E-state index is -0.199. The molecular formula is C14H13ClN2O2. The highest BCUT2D eigenvalue weighted by atomic mass is 35.5. The number of methoxy groups -OCH3 is 1. The molecule has 2 rings (SSSR count). The zero-order valence-corrected chi connectivity index (χ0v) is 11.1. The number of ether oxygens (including phenoxy) is 1. The summed E-state index contributed by atoms with van der Waals surface area (Å²) in [4.78, 5) is 15.9. The fourth-order valence-electron chi connectivity index (χ4n) is 1.55. The van der Waals surface area contributed by atoms with E-state index in [2.05, 4.69) is 10.3 Å². The quantitative estimate of drug-likeness (QED) is 0.934. The molecule has 0 fully saturated rings. The van der Waals surface area contributed by atoms with Crippen molar-refractivity contribution in [2.45, 2.75) is 6.54 Å². The summed E-state index contributed by atoms with van der Waals surface area (Å²) in [6, 6.07) is 10.7. The SMILES string of the molecule is COc1ccc(C(=O)NCc2ccccc2Cl)cn1. The van der Waals surface area contributed by atoms with Crippen molar-refractivity contribution in [3.8, 4) is 5.88 Å². The topological polar surface area (TPSA) is 51.2 Å². The summed E-state index contributed by atoms with van der Waals surface area (Å²) < 4.78 is 4.93. The highest BCUT2D eigenvalue weighted by molar-refractivity contribution is 6.31. The van der Waals surface area contributed by atoms with Crippen molar-refractivity contribution < 1.29 is 9.53 Å². The van der Waals surface area contributed by atoms with Gasteiger partial charge < -0.3 is 10.1 Å². The number of carbonyl (C=O) groups excluding carboxylic acids is 1. The normalized spacial score (nSPS) is 10.0. The van der Waals surface area contributed by atoms with Crippen molar-refractivity contribution >= 4 is 17.5 Å². The van der Waals surface area contributed by atoms with E-state index in [4.69, 9.17) is 16.3 Å². The number of aromatic nitrogens is 1. The van der Waals surface area contributed by atoms with Crippen LogP contribution in [0.25, 0.3) is 0 Å². The first kappa shape index (κ1) is 13.4. The lowest BCUT2D eigenvalue weighted by Crippen LogP contribution is -2.23. The van der Waals surface area contributed by atoms with Crippen LogP contribution in [0, 0.1) is 0 Å². The third-order valence-electron chi connectivity index (χ3n) is 2.60. The largest absolute Gasteiger partial charge is 0.481 e. The number of hydrogen-bond donors (Lipinski definition) is 1. The third-order valence-corrected chi connectivity index (χ3v) is 2.97. The van der Waals surface area contributed by atoms with Crippen LogP contribution in [0.2, 0.25) is 5.02 Å². The number of carbonyl (C=O) groups is 1. The molecule has 1 aromatic carbocycles. The van der Waals surface area contributed by atoms with E-state index in [1.165, 1.54) is 13.3 Å². The fraction of sp³-hybridized carbons (Fsp3) is 0.143. The van der Waals surface area contributed by atoms with Crippen LogP contribution in [0.5, 0.6) is 5.88 Å². The predicted molar refractivity (Wildman–Crippen MR) is 73.4 cm³/mol. The van der Waals surface area contributed by atoms with E-state index < -0.39 is 0 Å².